The van der Waals surface area contributed by atoms with Crippen molar-refractivity contribution in [3.05, 3.63) is 87.9 Å². The second-order valence-electron chi connectivity index (χ2n) is 5.97. The van der Waals surface area contributed by atoms with E-state index in [0.29, 0.717) is 17.0 Å². The quantitative estimate of drug-likeness (QED) is 0.539. The summed E-state index contributed by atoms with van der Waals surface area (Å²) >= 11 is 1.04. The SMILES string of the molecule is O=c1sc2cc(S(=O)(=O)NCc3ccco3)ccc2n1Cc1ccccc1. The maximum atomic E-state index is 12.5. The van der Waals surface area contributed by atoms with Crippen LogP contribution in [0, 0.1) is 0 Å². The third-order valence-electron chi connectivity index (χ3n) is 4.15. The number of aromatic nitrogens is 1. The summed E-state index contributed by atoms with van der Waals surface area (Å²) in [5, 5.41) is 0. The van der Waals surface area contributed by atoms with Gasteiger partial charge in [-0.25, -0.2) is 13.1 Å². The van der Waals surface area contributed by atoms with Gasteiger partial charge in [0.1, 0.15) is 5.76 Å². The van der Waals surface area contributed by atoms with Gasteiger partial charge >= 0.3 is 4.87 Å². The fourth-order valence-electron chi connectivity index (χ4n) is 2.79. The third kappa shape index (κ3) is 3.73. The fraction of sp³-hybridized carbons (Fsp3) is 0.105. The van der Waals surface area contributed by atoms with Crippen LogP contribution in [0.5, 0.6) is 0 Å². The van der Waals surface area contributed by atoms with Gasteiger partial charge in [-0.1, -0.05) is 41.7 Å². The van der Waals surface area contributed by atoms with Crippen LogP contribution in [0.3, 0.4) is 0 Å². The van der Waals surface area contributed by atoms with E-state index in [4.69, 9.17) is 4.42 Å². The Morgan fingerprint density at radius 2 is 1.85 bits per heavy atom. The predicted molar refractivity (Wildman–Crippen MR) is 104 cm³/mol. The maximum Gasteiger partial charge on any atom is 0.308 e. The molecule has 0 amide bonds. The summed E-state index contributed by atoms with van der Waals surface area (Å²) in [6, 6.07) is 17.8. The first-order chi connectivity index (χ1) is 13.0. The van der Waals surface area contributed by atoms with Crippen LogP contribution in [0.2, 0.25) is 0 Å². The normalized spacial score (nSPS) is 11.9. The molecule has 0 atom stereocenters. The number of benzene rings is 2. The van der Waals surface area contributed by atoms with Crippen LogP contribution in [-0.2, 0) is 23.1 Å². The van der Waals surface area contributed by atoms with Gasteiger partial charge in [-0.3, -0.25) is 9.36 Å². The molecule has 27 heavy (non-hydrogen) atoms. The van der Waals surface area contributed by atoms with Gasteiger partial charge in [0.25, 0.3) is 0 Å². The van der Waals surface area contributed by atoms with Crippen molar-refractivity contribution in [1.29, 1.82) is 0 Å². The summed E-state index contributed by atoms with van der Waals surface area (Å²) in [6.45, 7) is 0.515. The molecule has 1 N–H and O–H groups in total. The Balaban J connectivity index is 1.64. The molecular weight excluding hydrogens is 384 g/mol. The first-order valence-electron chi connectivity index (χ1n) is 8.22. The number of nitrogens with one attached hydrogen (secondary N) is 1. The molecule has 2 heterocycles. The molecule has 0 aliphatic carbocycles. The fourth-order valence-corrected chi connectivity index (χ4v) is 4.82. The summed E-state index contributed by atoms with van der Waals surface area (Å²) in [5.74, 6) is 0.526. The number of hydrogen-bond donors (Lipinski definition) is 1. The highest BCUT2D eigenvalue weighted by atomic mass is 32.2. The van der Waals surface area contributed by atoms with Crippen LogP contribution in [0.4, 0.5) is 0 Å². The number of furan rings is 1. The molecular formula is C19H16N2O4S2. The molecule has 0 aliphatic rings. The maximum absolute atomic E-state index is 12.5. The van der Waals surface area contributed by atoms with Gasteiger partial charge in [-0.05, 0) is 35.9 Å². The van der Waals surface area contributed by atoms with E-state index in [9.17, 15) is 13.2 Å². The van der Waals surface area contributed by atoms with Crippen LogP contribution in [0.1, 0.15) is 11.3 Å². The Hall–Kier alpha value is -2.68. The lowest BCUT2D eigenvalue weighted by Crippen LogP contribution is -2.22. The van der Waals surface area contributed by atoms with Crippen molar-refractivity contribution in [3.63, 3.8) is 0 Å². The average Bonchev–Trinajstić information content (AvgIpc) is 3.29. The second-order valence-corrected chi connectivity index (χ2v) is 8.73. The molecule has 0 fully saturated rings. The minimum absolute atomic E-state index is 0.0681. The van der Waals surface area contributed by atoms with E-state index in [1.807, 2.05) is 30.3 Å². The van der Waals surface area contributed by atoms with Gasteiger partial charge < -0.3 is 4.42 Å². The van der Waals surface area contributed by atoms with Gasteiger partial charge in [0.05, 0.1) is 34.5 Å². The Labute approximate surface area is 159 Å². The summed E-state index contributed by atoms with van der Waals surface area (Å²) in [5.41, 5.74) is 1.73. The minimum Gasteiger partial charge on any atom is -0.468 e. The van der Waals surface area contributed by atoms with Crippen molar-refractivity contribution in [3.8, 4) is 0 Å². The molecule has 2 aromatic heterocycles. The molecule has 0 radical (unpaired) electrons. The monoisotopic (exact) mass is 400 g/mol. The van der Waals surface area contributed by atoms with Crippen LogP contribution >= 0.6 is 11.3 Å². The highest BCUT2D eigenvalue weighted by Crippen LogP contribution is 2.22. The van der Waals surface area contributed by atoms with Crippen molar-refractivity contribution in [2.75, 3.05) is 0 Å². The standard InChI is InChI=1S/C19H16N2O4S2/c22-19-21(13-14-5-2-1-3-6-14)17-9-8-16(11-18(17)26-19)27(23,24)20-12-15-7-4-10-25-15/h1-11,20H,12-13H2. The average molecular weight is 400 g/mol. The number of thiazole rings is 1. The first kappa shape index (κ1) is 17.7. The van der Waals surface area contributed by atoms with E-state index in [1.165, 1.54) is 18.4 Å². The number of sulfonamides is 1. The van der Waals surface area contributed by atoms with Crippen molar-refractivity contribution in [1.82, 2.24) is 9.29 Å². The molecule has 6 nitrogen and oxygen atoms in total. The van der Waals surface area contributed by atoms with E-state index in [0.717, 1.165) is 22.4 Å². The summed E-state index contributed by atoms with van der Waals surface area (Å²) < 4.78 is 35.0. The Kier molecular flexibility index (Phi) is 4.69. The number of rotatable bonds is 6. The van der Waals surface area contributed by atoms with Crippen molar-refractivity contribution >= 4 is 31.6 Å². The molecule has 0 saturated carbocycles. The third-order valence-corrected chi connectivity index (χ3v) is 6.49. The molecule has 8 heteroatoms. The predicted octanol–water partition coefficient (Wildman–Crippen LogP) is 3.18. The molecule has 0 aliphatic heterocycles. The lowest BCUT2D eigenvalue weighted by Gasteiger charge is -2.07. The Morgan fingerprint density at radius 3 is 2.59 bits per heavy atom. The zero-order valence-corrected chi connectivity index (χ0v) is 15.8. The van der Waals surface area contributed by atoms with Gasteiger partial charge in [-0.15, -0.1) is 0 Å². The number of hydrogen-bond acceptors (Lipinski definition) is 5. The first-order valence-corrected chi connectivity index (χ1v) is 10.5. The molecule has 138 valence electrons. The van der Waals surface area contributed by atoms with Crippen molar-refractivity contribution < 1.29 is 12.8 Å². The van der Waals surface area contributed by atoms with Crippen LogP contribution in [0.15, 0.2) is 81.0 Å². The summed E-state index contributed by atoms with van der Waals surface area (Å²) in [4.78, 5) is 12.4. The zero-order chi connectivity index (χ0) is 18.9. The smallest absolute Gasteiger partial charge is 0.308 e. The highest BCUT2D eigenvalue weighted by Gasteiger charge is 2.17. The molecule has 0 unspecified atom stereocenters. The molecule has 0 spiro atoms. The van der Waals surface area contributed by atoms with E-state index >= 15 is 0 Å². The van der Waals surface area contributed by atoms with Crippen LogP contribution in [0.25, 0.3) is 10.2 Å². The lowest BCUT2D eigenvalue weighted by molar-refractivity contribution is 0.498. The minimum atomic E-state index is -3.70. The van der Waals surface area contributed by atoms with E-state index in [-0.39, 0.29) is 16.3 Å². The Morgan fingerprint density at radius 1 is 1.04 bits per heavy atom. The molecule has 0 bridgehead atoms. The van der Waals surface area contributed by atoms with Gasteiger partial charge in [0.15, 0.2) is 0 Å². The molecule has 2 aromatic carbocycles. The number of fused-ring (bicyclic) bond motifs is 1. The van der Waals surface area contributed by atoms with Gasteiger partial charge in [0, 0.05) is 0 Å². The van der Waals surface area contributed by atoms with Crippen molar-refractivity contribution in [2.45, 2.75) is 18.0 Å². The van der Waals surface area contributed by atoms with Gasteiger partial charge in [0.2, 0.25) is 10.0 Å². The number of nitrogens with zero attached hydrogens (tertiary/aromatic N) is 1. The highest BCUT2D eigenvalue weighted by molar-refractivity contribution is 7.89. The molecule has 4 aromatic rings. The largest absolute Gasteiger partial charge is 0.468 e. The molecule has 4 rings (SSSR count). The van der Waals surface area contributed by atoms with Gasteiger partial charge in [-0.2, -0.15) is 0 Å². The molecule has 0 saturated heterocycles. The Bertz CT molecular complexity index is 1220. The summed E-state index contributed by atoms with van der Waals surface area (Å²) in [6.07, 6.45) is 1.49. The van der Waals surface area contributed by atoms with E-state index in [2.05, 4.69) is 4.72 Å². The second kappa shape index (κ2) is 7.15. The van der Waals surface area contributed by atoms with Crippen LogP contribution < -0.4 is 9.60 Å². The summed E-state index contributed by atoms with van der Waals surface area (Å²) in [7, 11) is -3.70. The van der Waals surface area contributed by atoms with Crippen molar-refractivity contribution in [2.24, 2.45) is 0 Å². The lowest BCUT2D eigenvalue weighted by atomic mass is 10.2. The zero-order valence-electron chi connectivity index (χ0n) is 14.2. The van der Waals surface area contributed by atoms with E-state index < -0.39 is 10.0 Å². The van der Waals surface area contributed by atoms with Crippen LogP contribution in [-0.4, -0.2) is 13.0 Å². The van der Waals surface area contributed by atoms with E-state index in [1.54, 1.807) is 22.8 Å². The topological polar surface area (TPSA) is 81.3 Å².